The molecule has 2 N–H and O–H groups in total. The minimum absolute atomic E-state index is 0.352. The van der Waals surface area contributed by atoms with Crippen molar-refractivity contribution in [2.24, 2.45) is 5.73 Å². The van der Waals surface area contributed by atoms with Crippen LogP contribution in [0.4, 0.5) is 0 Å². The lowest BCUT2D eigenvalue weighted by molar-refractivity contribution is 0.0999. The van der Waals surface area contributed by atoms with E-state index in [4.69, 9.17) is 10.2 Å². The lowest BCUT2D eigenvalue weighted by Gasteiger charge is -1.91. The summed E-state index contributed by atoms with van der Waals surface area (Å²) in [6.07, 6.45) is 2.98. The molecule has 0 bridgehead atoms. The van der Waals surface area contributed by atoms with Gasteiger partial charge in [-0.1, -0.05) is 6.07 Å². The summed E-state index contributed by atoms with van der Waals surface area (Å²) in [6, 6.07) is 7.02. The summed E-state index contributed by atoms with van der Waals surface area (Å²) in [5.74, 6) is 0.0373. The molecule has 0 aliphatic carbocycles. The highest BCUT2D eigenvalue weighted by Gasteiger charge is 2.08. The molecule has 0 saturated heterocycles. The van der Waals surface area contributed by atoms with Crippen LogP contribution < -0.4 is 5.73 Å². The molecular weight excluding hydrogens is 180 g/mol. The smallest absolute Gasteiger partial charge is 0.251 e. The second-order valence-electron chi connectivity index (χ2n) is 2.78. The van der Waals surface area contributed by atoms with Crippen LogP contribution in [0, 0.1) is 0 Å². The predicted molar refractivity (Wildman–Crippen MR) is 50.5 cm³/mol. The largest absolute Gasteiger partial charge is 0.462 e. The van der Waals surface area contributed by atoms with Crippen molar-refractivity contribution in [3.63, 3.8) is 0 Å². The lowest BCUT2D eigenvalue weighted by Crippen LogP contribution is -2.09. The highest BCUT2D eigenvalue weighted by molar-refractivity contribution is 5.93. The third-order valence-electron chi connectivity index (χ3n) is 1.80. The maximum Gasteiger partial charge on any atom is 0.251 e. The van der Waals surface area contributed by atoms with Gasteiger partial charge >= 0.3 is 0 Å². The summed E-state index contributed by atoms with van der Waals surface area (Å²) in [7, 11) is 0. The predicted octanol–water partition coefficient (Wildman–Crippen LogP) is 1.44. The number of nitrogens with zero attached hydrogens (tertiary/aromatic N) is 1. The van der Waals surface area contributed by atoms with Crippen LogP contribution in [0.15, 0.2) is 41.1 Å². The number of hydrogen-bond acceptors (Lipinski definition) is 3. The van der Waals surface area contributed by atoms with E-state index >= 15 is 0 Å². The molecule has 0 spiro atoms. The Kier molecular flexibility index (Phi) is 2.02. The second-order valence-corrected chi connectivity index (χ2v) is 2.78. The van der Waals surface area contributed by atoms with Gasteiger partial charge in [-0.3, -0.25) is 9.78 Å². The van der Waals surface area contributed by atoms with Crippen LogP contribution in [0.2, 0.25) is 0 Å². The zero-order chi connectivity index (χ0) is 9.97. The Bertz CT molecular complexity index is 448. The van der Waals surface area contributed by atoms with Crippen molar-refractivity contribution >= 4 is 5.91 Å². The first kappa shape index (κ1) is 8.50. The average molecular weight is 188 g/mol. The maximum absolute atomic E-state index is 10.8. The number of rotatable bonds is 2. The standard InChI is InChI=1S/C10H8N2O2/c11-10(13)7-5-9(14-6-7)8-3-1-2-4-12-8/h1-6H,(H2,11,13). The quantitative estimate of drug-likeness (QED) is 0.775. The van der Waals surface area contributed by atoms with E-state index in [0.29, 0.717) is 17.0 Å². The van der Waals surface area contributed by atoms with E-state index in [2.05, 4.69) is 4.98 Å². The van der Waals surface area contributed by atoms with Crippen LogP contribution in [0.1, 0.15) is 10.4 Å². The van der Waals surface area contributed by atoms with Crippen LogP contribution in [-0.2, 0) is 0 Å². The van der Waals surface area contributed by atoms with Crippen LogP contribution >= 0.6 is 0 Å². The molecule has 1 amide bonds. The van der Waals surface area contributed by atoms with Gasteiger partial charge in [0, 0.05) is 6.20 Å². The van der Waals surface area contributed by atoms with E-state index in [1.54, 1.807) is 24.4 Å². The van der Waals surface area contributed by atoms with E-state index in [9.17, 15) is 4.79 Å². The molecule has 2 rings (SSSR count). The number of pyridine rings is 1. The van der Waals surface area contributed by atoms with Crippen LogP contribution in [0.5, 0.6) is 0 Å². The molecule has 4 nitrogen and oxygen atoms in total. The molecule has 4 heteroatoms. The molecule has 2 aromatic rings. The van der Waals surface area contributed by atoms with Crippen molar-refractivity contribution in [1.29, 1.82) is 0 Å². The van der Waals surface area contributed by atoms with Gasteiger partial charge in [-0.25, -0.2) is 0 Å². The summed E-state index contributed by atoms with van der Waals surface area (Å²) in [4.78, 5) is 14.9. The monoisotopic (exact) mass is 188 g/mol. The summed E-state index contributed by atoms with van der Waals surface area (Å²) in [5.41, 5.74) is 6.12. The normalized spacial score (nSPS) is 10.0. The van der Waals surface area contributed by atoms with Gasteiger partial charge in [0.05, 0.1) is 5.56 Å². The van der Waals surface area contributed by atoms with Crippen molar-refractivity contribution in [2.75, 3.05) is 0 Å². The first-order valence-corrected chi connectivity index (χ1v) is 4.07. The number of aromatic nitrogens is 1. The molecule has 0 aliphatic rings. The molecule has 0 fully saturated rings. The molecule has 0 unspecified atom stereocenters. The average Bonchev–Trinajstić information content (AvgIpc) is 2.68. The number of hydrogen-bond donors (Lipinski definition) is 1. The lowest BCUT2D eigenvalue weighted by atomic mass is 10.2. The van der Waals surface area contributed by atoms with Crippen LogP contribution in [0.3, 0.4) is 0 Å². The SMILES string of the molecule is NC(=O)c1coc(-c2ccccn2)c1. The fourth-order valence-electron chi connectivity index (χ4n) is 1.11. The Morgan fingerprint density at radius 3 is 2.86 bits per heavy atom. The Labute approximate surface area is 80.4 Å². The van der Waals surface area contributed by atoms with E-state index in [-0.39, 0.29) is 0 Å². The molecule has 0 aliphatic heterocycles. The molecule has 0 aromatic carbocycles. The topological polar surface area (TPSA) is 69.1 Å². The van der Waals surface area contributed by atoms with Crippen molar-refractivity contribution in [3.8, 4) is 11.5 Å². The van der Waals surface area contributed by atoms with Crippen molar-refractivity contribution in [3.05, 3.63) is 42.3 Å². The van der Waals surface area contributed by atoms with E-state index < -0.39 is 5.91 Å². The number of furan rings is 1. The van der Waals surface area contributed by atoms with Gasteiger partial charge in [-0.15, -0.1) is 0 Å². The van der Waals surface area contributed by atoms with Crippen molar-refractivity contribution in [2.45, 2.75) is 0 Å². The Balaban J connectivity index is 2.39. The minimum Gasteiger partial charge on any atom is -0.462 e. The zero-order valence-corrected chi connectivity index (χ0v) is 7.31. The summed E-state index contributed by atoms with van der Waals surface area (Å²) < 4.78 is 5.15. The Morgan fingerprint density at radius 1 is 1.43 bits per heavy atom. The highest BCUT2D eigenvalue weighted by Crippen LogP contribution is 2.18. The summed E-state index contributed by atoms with van der Waals surface area (Å²) in [6.45, 7) is 0. The molecule has 70 valence electrons. The van der Waals surface area contributed by atoms with Crippen LogP contribution in [-0.4, -0.2) is 10.9 Å². The third kappa shape index (κ3) is 1.50. The van der Waals surface area contributed by atoms with Gasteiger partial charge in [0.2, 0.25) is 0 Å². The molecule has 0 atom stereocenters. The Hall–Kier alpha value is -2.10. The fourth-order valence-corrected chi connectivity index (χ4v) is 1.11. The second kappa shape index (κ2) is 3.33. The van der Waals surface area contributed by atoms with Crippen LogP contribution in [0.25, 0.3) is 11.5 Å². The van der Waals surface area contributed by atoms with Gasteiger partial charge < -0.3 is 10.2 Å². The van der Waals surface area contributed by atoms with Crippen molar-refractivity contribution < 1.29 is 9.21 Å². The summed E-state index contributed by atoms with van der Waals surface area (Å²) >= 11 is 0. The number of primary amides is 1. The molecule has 2 heterocycles. The van der Waals surface area contributed by atoms with E-state index in [1.165, 1.54) is 6.26 Å². The fraction of sp³-hybridized carbons (Fsp3) is 0. The van der Waals surface area contributed by atoms with Gasteiger partial charge in [-0.2, -0.15) is 0 Å². The number of carbonyl (C=O) groups excluding carboxylic acids is 1. The van der Waals surface area contributed by atoms with E-state index in [0.717, 1.165) is 0 Å². The van der Waals surface area contributed by atoms with E-state index in [1.807, 2.05) is 6.07 Å². The zero-order valence-electron chi connectivity index (χ0n) is 7.31. The molecule has 2 aromatic heterocycles. The maximum atomic E-state index is 10.8. The van der Waals surface area contributed by atoms with Gasteiger partial charge in [0.15, 0.2) is 5.76 Å². The Morgan fingerprint density at radius 2 is 2.29 bits per heavy atom. The highest BCUT2D eigenvalue weighted by atomic mass is 16.3. The molecule has 14 heavy (non-hydrogen) atoms. The molecule has 0 saturated carbocycles. The van der Waals surface area contributed by atoms with Gasteiger partial charge in [0.25, 0.3) is 5.91 Å². The number of nitrogens with two attached hydrogens (primary N) is 1. The molecular formula is C10H8N2O2. The molecule has 0 radical (unpaired) electrons. The third-order valence-corrected chi connectivity index (χ3v) is 1.80. The summed E-state index contributed by atoms with van der Waals surface area (Å²) in [5, 5.41) is 0. The number of carbonyl (C=O) groups is 1. The number of amides is 1. The van der Waals surface area contributed by atoms with Gasteiger partial charge in [-0.05, 0) is 18.2 Å². The first-order valence-electron chi connectivity index (χ1n) is 4.07. The minimum atomic E-state index is -0.504. The van der Waals surface area contributed by atoms with Crippen molar-refractivity contribution in [1.82, 2.24) is 4.98 Å². The first-order chi connectivity index (χ1) is 6.77. The van der Waals surface area contributed by atoms with Gasteiger partial charge in [0.1, 0.15) is 12.0 Å².